The van der Waals surface area contributed by atoms with Gasteiger partial charge in [-0.2, -0.15) is 0 Å². The van der Waals surface area contributed by atoms with E-state index >= 15 is 0 Å². The molecule has 0 aromatic heterocycles. The number of benzene rings is 3. The van der Waals surface area contributed by atoms with Crippen molar-refractivity contribution in [2.45, 2.75) is 50.7 Å². The topological polar surface area (TPSA) is 105 Å². The van der Waals surface area contributed by atoms with Gasteiger partial charge in [0, 0.05) is 23.1 Å². The van der Waals surface area contributed by atoms with Crippen molar-refractivity contribution in [3.63, 3.8) is 0 Å². The third-order valence-electron chi connectivity index (χ3n) is 6.93. The van der Waals surface area contributed by atoms with Gasteiger partial charge in [0.15, 0.2) is 11.5 Å². The summed E-state index contributed by atoms with van der Waals surface area (Å²) in [5, 5.41) is 2.90. The molecule has 12 heteroatoms. The molecule has 9 nitrogen and oxygen atoms in total. The van der Waals surface area contributed by atoms with Crippen molar-refractivity contribution in [1.82, 2.24) is 10.2 Å². The molecule has 3 aromatic carbocycles. The highest BCUT2D eigenvalue weighted by atomic mass is 79.9. The van der Waals surface area contributed by atoms with Crippen molar-refractivity contribution in [3.8, 4) is 11.5 Å². The Morgan fingerprint density at radius 2 is 1.62 bits per heavy atom. The van der Waals surface area contributed by atoms with E-state index in [2.05, 4.69) is 21.2 Å². The molecule has 0 saturated heterocycles. The van der Waals surface area contributed by atoms with Gasteiger partial charge < -0.3 is 19.7 Å². The van der Waals surface area contributed by atoms with Crippen LogP contribution in [0.2, 0.25) is 0 Å². The number of hydrogen-bond acceptors (Lipinski definition) is 6. The zero-order chi connectivity index (χ0) is 30.4. The summed E-state index contributed by atoms with van der Waals surface area (Å²) in [6, 6.07) is 15.2. The van der Waals surface area contributed by atoms with Crippen LogP contribution in [0.3, 0.4) is 0 Å². The van der Waals surface area contributed by atoms with Gasteiger partial charge in [-0.3, -0.25) is 13.9 Å². The summed E-state index contributed by atoms with van der Waals surface area (Å²) in [7, 11) is -4.36. The fourth-order valence-corrected chi connectivity index (χ4v) is 5.98. The molecule has 1 aliphatic heterocycles. The second-order valence-electron chi connectivity index (χ2n) is 9.94. The lowest BCUT2D eigenvalue weighted by Crippen LogP contribution is -2.52. The molecule has 2 amide bonds. The van der Waals surface area contributed by atoms with E-state index in [0.29, 0.717) is 18.8 Å². The Labute approximate surface area is 253 Å². The Kier molecular flexibility index (Phi) is 10.1. The molecule has 2 atom stereocenters. The van der Waals surface area contributed by atoms with Crippen LogP contribution < -0.4 is 19.1 Å². The highest BCUT2D eigenvalue weighted by Crippen LogP contribution is 2.34. The van der Waals surface area contributed by atoms with Gasteiger partial charge in [-0.1, -0.05) is 35.0 Å². The first kappa shape index (κ1) is 31.3. The number of halogens is 2. The Morgan fingerprint density at radius 1 is 0.976 bits per heavy atom. The Morgan fingerprint density at radius 3 is 2.26 bits per heavy atom. The van der Waals surface area contributed by atoms with Crippen LogP contribution in [0, 0.1) is 5.82 Å². The normalized spacial score (nSPS) is 14.0. The van der Waals surface area contributed by atoms with Gasteiger partial charge >= 0.3 is 0 Å². The SMILES string of the molecule is CCC(C)NC(=O)C(C)N(Cc1ccc(Br)cc1)C(=O)CN(c1ccc(F)cc1)S(=O)(=O)c1ccc2c(c1)OCCO2. The van der Waals surface area contributed by atoms with E-state index in [1.807, 2.05) is 38.1 Å². The fraction of sp³-hybridized carbons (Fsp3) is 0.333. The van der Waals surface area contributed by atoms with Crippen LogP contribution in [0.15, 0.2) is 76.1 Å². The van der Waals surface area contributed by atoms with Gasteiger partial charge in [0.2, 0.25) is 11.8 Å². The first-order valence-corrected chi connectivity index (χ1v) is 15.7. The average molecular weight is 663 g/mol. The van der Waals surface area contributed by atoms with Crippen molar-refractivity contribution >= 4 is 43.5 Å². The molecule has 42 heavy (non-hydrogen) atoms. The molecule has 3 aromatic rings. The summed E-state index contributed by atoms with van der Waals surface area (Å²) >= 11 is 3.40. The summed E-state index contributed by atoms with van der Waals surface area (Å²) in [5.74, 6) is -0.867. The summed E-state index contributed by atoms with van der Waals surface area (Å²) in [6.07, 6.45) is 0.700. The molecule has 0 fully saturated rings. The van der Waals surface area contributed by atoms with Crippen LogP contribution >= 0.6 is 15.9 Å². The van der Waals surface area contributed by atoms with Gasteiger partial charge in [0.1, 0.15) is 31.6 Å². The standard InChI is InChI=1S/C30H33BrFN3O6S/c1-4-20(2)33-30(37)21(3)34(18-22-5-7-23(31)8-6-22)29(36)19-35(25-11-9-24(32)10-12-25)42(38,39)26-13-14-27-28(17-26)41-16-15-40-27/h5-14,17,20-21H,4,15-16,18-19H2,1-3H3,(H,33,37). The second-order valence-corrected chi connectivity index (χ2v) is 12.7. The highest BCUT2D eigenvalue weighted by Gasteiger charge is 2.33. The Hall–Kier alpha value is -3.64. The largest absolute Gasteiger partial charge is 0.486 e. The number of hydrogen-bond donors (Lipinski definition) is 1. The molecule has 0 aliphatic carbocycles. The van der Waals surface area contributed by atoms with Gasteiger partial charge in [-0.15, -0.1) is 0 Å². The number of nitrogens with zero attached hydrogens (tertiary/aromatic N) is 2. The first-order chi connectivity index (χ1) is 20.0. The summed E-state index contributed by atoms with van der Waals surface area (Å²) < 4.78 is 54.7. The van der Waals surface area contributed by atoms with Crippen LogP contribution in [0.5, 0.6) is 11.5 Å². The van der Waals surface area contributed by atoms with Crippen LogP contribution in [-0.2, 0) is 26.2 Å². The number of rotatable bonds is 11. The lowest BCUT2D eigenvalue weighted by atomic mass is 10.1. The van der Waals surface area contributed by atoms with Gasteiger partial charge in [0.25, 0.3) is 10.0 Å². The number of sulfonamides is 1. The van der Waals surface area contributed by atoms with Crippen molar-refractivity contribution in [1.29, 1.82) is 0 Å². The maximum absolute atomic E-state index is 14.0. The Balaban J connectivity index is 1.71. The number of amides is 2. The van der Waals surface area contributed by atoms with Crippen molar-refractivity contribution in [2.75, 3.05) is 24.1 Å². The van der Waals surface area contributed by atoms with Crippen molar-refractivity contribution in [3.05, 3.63) is 82.6 Å². The van der Waals surface area contributed by atoms with E-state index in [1.54, 1.807) is 6.92 Å². The molecule has 4 rings (SSSR count). The molecule has 224 valence electrons. The summed E-state index contributed by atoms with van der Waals surface area (Å²) in [5.41, 5.74) is 0.831. The first-order valence-electron chi connectivity index (χ1n) is 13.5. The Bertz CT molecular complexity index is 1520. The second kappa shape index (κ2) is 13.6. The zero-order valence-corrected chi connectivity index (χ0v) is 26.0. The molecule has 1 N–H and O–H groups in total. The molecule has 2 unspecified atom stereocenters. The van der Waals surface area contributed by atoms with Crippen LogP contribution in [-0.4, -0.2) is 57.0 Å². The molecule has 1 heterocycles. The number of fused-ring (bicyclic) bond motifs is 1. The maximum Gasteiger partial charge on any atom is 0.264 e. The molecule has 1 aliphatic rings. The lowest BCUT2D eigenvalue weighted by molar-refractivity contribution is -0.139. The number of ether oxygens (including phenoxy) is 2. The minimum absolute atomic E-state index is 0.0581. The maximum atomic E-state index is 14.0. The van der Waals surface area contributed by atoms with E-state index < -0.39 is 34.3 Å². The number of nitrogens with one attached hydrogen (secondary N) is 1. The highest BCUT2D eigenvalue weighted by molar-refractivity contribution is 9.10. The van der Waals surface area contributed by atoms with Crippen LogP contribution in [0.25, 0.3) is 0 Å². The predicted octanol–water partition coefficient (Wildman–Crippen LogP) is 4.89. The minimum Gasteiger partial charge on any atom is -0.486 e. The minimum atomic E-state index is -4.36. The predicted molar refractivity (Wildman–Crippen MR) is 160 cm³/mol. The third kappa shape index (κ3) is 7.40. The molecule has 0 saturated carbocycles. The van der Waals surface area contributed by atoms with Gasteiger partial charge in [-0.25, -0.2) is 12.8 Å². The number of carbonyl (C=O) groups excluding carboxylic acids is 2. The quantitative estimate of drug-likeness (QED) is 0.314. The zero-order valence-electron chi connectivity index (χ0n) is 23.5. The monoisotopic (exact) mass is 661 g/mol. The molecular formula is C30H33BrFN3O6S. The number of anilines is 1. The van der Waals surface area contributed by atoms with Crippen LogP contribution in [0.4, 0.5) is 10.1 Å². The molecular weight excluding hydrogens is 629 g/mol. The van der Waals surface area contributed by atoms with E-state index in [1.165, 1.54) is 35.2 Å². The average Bonchev–Trinajstić information content (AvgIpc) is 2.99. The van der Waals surface area contributed by atoms with Gasteiger partial charge in [-0.05, 0) is 74.4 Å². The van der Waals surface area contributed by atoms with Crippen LogP contribution in [0.1, 0.15) is 32.8 Å². The molecule has 0 bridgehead atoms. The lowest BCUT2D eigenvalue weighted by Gasteiger charge is -2.32. The summed E-state index contributed by atoms with van der Waals surface area (Å²) in [6.45, 7) is 5.42. The third-order valence-corrected chi connectivity index (χ3v) is 9.23. The van der Waals surface area contributed by atoms with Gasteiger partial charge in [0.05, 0.1) is 10.6 Å². The smallest absolute Gasteiger partial charge is 0.264 e. The fourth-order valence-electron chi connectivity index (χ4n) is 4.28. The van der Waals surface area contributed by atoms with Crippen molar-refractivity contribution in [2.24, 2.45) is 0 Å². The van der Waals surface area contributed by atoms with E-state index in [-0.39, 0.29) is 41.4 Å². The van der Waals surface area contributed by atoms with Crippen molar-refractivity contribution < 1.29 is 31.9 Å². The van der Waals surface area contributed by atoms with E-state index in [9.17, 15) is 22.4 Å². The van der Waals surface area contributed by atoms with E-state index in [4.69, 9.17) is 9.47 Å². The molecule has 0 radical (unpaired) electrons. The molecule has 0 spiro atoms. The summed E-state index contributed by atoms with van der Waals surface area (Å²) in [4.78, 5) is 28.3. The number of carbonyl (C=O) groups is 2. The van der Waals surface area contributed by atoms with E-state index in [0.717, 1.165) is 26.5 Å².